The molecule has 2 aliphatic heterocycles. The Labute approximate surface area is 158 Å². The Hall–Kier alpha value is -2.92. The number of anilines is 1. The van der Waals surface area contributed by atoms with Gasteiger partial charge in [0.05, 0.1) is 30.2 Å². The molecule has 0 unspecified atom stereocenters. The molecule has 0 bridgehead atoms. The van der Waals surface area contributed by atoms with Crippen molar-refractivity contribution in [2.24, 2.45) is 4.99 Å². The lowest BCUT2D eigenvalue weighted by atomic mass is 10.1. The highest BCUT2D eigenvalue weighted by Crippen LogP contribution is 2.28. The second-order valence-corrected chi connectivity index (χ2v) is 6.83. The third kappa shape index (κ3) is 3.51. The summed E-state index contributed by atoms with van der Waals surface area (Å²) in [5.74, 6) is 0. The number of aryl methyl sites for hydroxylation is 1. The zero-order valence-electron chi connectivity index (χ0n) is 15.7. The lowest BCUT2D eigenvalue weighted by molar-refractivity contribution is 0.122. The molecule has 5 heteroatoms. The van der Waals surface area contributed by atoms with E-state index in [0.29, 0.717) is 5.56 Å². The van der Waals surface area contributed by atoms with Crippen LogP contribution in [0.1, 0.15) is 18.1 Å². The first-order chi connectivity index (χ1) is 13.1. The van der Waals surface area contributed by atoms with Crippen molar-refractivity contribution in [3.8, 4) is 11.3 Å². The molecule has 0 radical (unpaired) electrons. The van der Waals surface area contributed by atoms with Crippen LogP contribution in [0.2, 0.25) is 0 Å². The smallest absolute Gasteiger partial charge is 0.258 e. The summed E-state index contributed by atoms with van der Waals surface area (Å²) in [6.07, 6.45) is 0. The minimum Gasteiger partial charge on any atom is -0.378 e. The van der Waals surface area contributed by atoms with Crippen molar-refractivity contribution in [2.75, 3.05) is 31.2 Å². The van der Waals surface area contributed by atoms with Crippen molar-refractivity contribution < 1.29 is 4.74 Å². The monoisotopic (exact) mass is 361 g/mol. The van der Waals surface area contributed by atoms with E-state index in [1.165, 1.54) is 0 Å². The number of hydrogen-bond acceptors (Lipinski definition) is 4. The third-order valence-corrected chi connectivity index (χ3v) is 5.00. The fourth-order valence-electron chi connectivity index (χ4n) is 3.51. The van der Waals surface area contributed by atoms with Gasteiger partial charge in [-0.3, -0.25) is 9.79 Å². The Kier molecular flexibility index (Phi) is 4.77. The van der Waals surface area contributed by atoms with Gasteiger partial charge in [-0.1, -0.05) is 30.3 Å². The number of aromatic nitrogens is 1. The van der Waals surface area contributed by atoms with Crippen molar-refractivity contribution in [1.29, 1.82) is 0 Å². The van der Waals surface area contributed by atoms with Gasteiger partial charge in [-0.2, -0.15) is 0 Å². The number of rotatable bonds is 3. The molecule has 27 heavy (non-hydrogen) atoms. The summed E-state index contributed by atoms with van der Waals surface area (Å²) in [6.45, 7) is 7.21. The minimum atomic E-state index is -0.0977. The van der Waals surface area contributed by atoms with Gasteiger partial charge in [0.15, 0.2) is 0 Å². The van der Waals surface area contributed by atoms with Crippen LogP contribution in [0.4, 0.5) is 11.4 Å². The molecule has 1 fully saturated rings. The molecule has 0 saturated carbocycles. The van der Waals surface area contributed by atoms with Gasteiger partial charge in [0.25, 0.3) is 5.56 Å². The zero-order valence-corrected chi connectivity index (χ0v) is 15.7. The number of hydrogen-bond donors (Lipinski definition) is 1. The van der Waals surface area contributed by atoms with Crippen molar-refractivity contribution >= 4 is 17.1 Å². The number of nitrogens with zero attached hydrogens (tertiary/aromatic N) is 2. The molecule has 5 nitrogen and oxygen atoms in total. The highest BCUT2D eigenvalue weighted by Gasteiger charge is 2.17. The first-order valence-corrected chi connectivity index (χ1v) is 9.23. The van der Waals surface area contributed by atoms with E-state index in [9.17, 15) is 4.79 Å². The Morgan fingerprint density at radius 3 is 2.70 bits per heavy atom. The molecule has 4 rings (SSSR count). The van der Waals surface area contributed by atoms with Crippen molar-refractivity contribution in [1.82, 2.24) is 4.98 Å². The largest absolute Gasteiger partial charge is 0.378 e. The Morgan fingerprint density at radius 2 is 1.89 bits per heavy atom. The van der Waals surface area contributed by atoms with Crippen LogP contribution in [-0.4, -0.2) is 37.0 Å². The third-order valence-electron chi connectivity index (χ3n) is 5.00. The Bertz CT molecular complexity index is 1020. The van der Waals surface area contributed by atoms with Gasteiger partial charge in [-0.25, -0.2) is 0 Å². The van der Waals surface area contributed by atoms with Crippen molar-refractivity contribution in [3.63, 3.8) is 0 Å². The zero-order chi connectivity index (χ0) is 18.8. The van der Waals surface area contributed by atoms with Gasteiger partial charge in [-0.05, 0) is 37.6 Å². The van der Waals surface area contributed by atoms with Gasteiger partial charge >= 0.3 is 0 Å². The molecular weight excluding hydrogens is 338 g/mol. The fourth-order valence-corrected chi connectivity index (χ4v) is 3.51. The number of morpholine rings is 1. The molecule has 0 spiro atoms. The van der Waals surface area contributed by atoms with Crippen LogP contribution in [0.5, 0.6) is 0 Å². The van der Waals surface area contributed by atoms with Crippen molar-refractivity contribution in [2.45, 2.75) is 13.8 Å². The molecule has 138 valence electrons. The number of H-pyrrole nitrogens is 1. The minimum absolute atomic E-state index is 0.0977. The predicted molar refractivity (Wildman–Crippen MR) is 110 cm³/mol. The SMILES string of the molecule is CC(=Nc1cc(N2CCOCC2)ccc1C)c1c2cccccc-2[nH]c1=O. The normalized spacial score (nSPS) is 15.3. The molecule has 0 amide bonds. The first-order valence-electron chi connectivity index (χ1n) is 9.23. The van der Waals surface area contributed by atoms with Gasteiger partial charge < -0.3 is 14.6 Å². The van der Waals surface area contributed by atoms with Crippen molar-refractivity contribution in [3.05, 3.63) is 70.0 Å². The number of fused-ring (bicyclic) bond motifs is 1. The number of ether oxygens (including phenoxy) is 1. The average molecular weight is 361 g/mol. The van der Waals surface area contributed by atoms with Gasteiger partial charge in [0.2, 0.25) is 0 Å². The van der Waals surface area contributed by atoms with E-state index in [1.807, 2.05) is 44.2 Å². The summed E-state index contributed by atoms with van der Waals surface area (Å²) >= 11 is 0. The van der Waals surface area contributed by atoms with Crippen LogP contribution in [0, 0.1) is 6.92 Å². The lowest BCUT2D eigenvalue weighted by Crippen LogP contribution is -2.36. The van der Waals surface area contributed by atoms with Crippen LogP contribution >= 0.6 is 0 Å². The lowest BCUT2D eigenvalue weighted by Gasteiger charge is -2.29. The summed E-state index contributed by atoms with van der Waals surface area (Å²) in [5.41, 5.74) is 6.11. The molecule has 1 aliphatic carbocycles. The van der Waals surface area contributed by atoms with Crippen LogP contribution in [-0.2, 0) is 4.74 Å². The molecule has 1 aromatic carbocycles. The average Bonchev–Trinajstić information content (AvgIpc) is 2.83. The second kappa shape index (κ2) is 7.37. The van der Waals surface area contributed by atoms with E-state index < -0.39 is 0 Å². The van der Waals surface area contributed by atoms with Crippen LogP contribution in [0.15, 0.2) is 58.3 Å². The maximum Gasteiger partial charge on any atom is 0.258 e. The number of aliphatic imine (C=N–C) groups is 1. The topological polar surface area (TPSA) is 57.7 Å². The van der Waals surface area contributed by atoms with E-state index in [0.717, 1.165) is 60.2 Å². The quantitative estimate of drug-likeness (QED) is 0.723. The molecule has 3 aliphatic rings. The highest BCUT2D eigenvalue weighted by atomic mass is 16.5. The molecule has 1 N–H and O–H groups in total. The van der Waals surface area contributed by atoms with E-state index in [-0.39, 0.29) is 5.56 Å². The van der Waals surface area contributed by atoms with Crippen LogP contribution in [0.25, 0.3) is 11.3 Å². The summed E-state index contributed by atoms with van der Waals surface area (Å²) in [7, 11) is 0. The van der Waals surface area contributed by atoms with E-state index in [4.69, 9.17) is 9.73 Å². The molecule has 2 heterocycles. The number of aromatic amines is 1. The standard InChI is InChI=1S/C22H23N3O2/c1-15-8-9-17(25-10-12-27-13-11-25)14-20(15)23-16(2)21-18-6-4-3-5-7-19(18)24-22(21)26/h3-9,14H,10-13H2,1-2H3,(H,24,26). The summed E-state index contributed by atoms with van der Waals surface area (Å²) in [6, 6.07) is 16.0. The molecule has 1 aromatic rings. The Morgan fingerprint density at radius 1 is 1.11 bits per heavy atom. The number of nitrogens with one attached hydrogen (secondary N) is 1. The molecular formula is C22H23N3O2. The van der Waals surface area contributed by atoms with Gasteiger partial charge in [0.1, 0.15) is 0 Å². The van der Waals surface area contributed by atoms with Crippen LogP contribution in [0.3, 0.4) is 0 Å². The molecule has 1 saturated heterocycles. The van der Waals surface area contributed by atoms with E-state index >= 15 is 0 Å². The first kappa shape index (κ1) is 17.5. The summed E-state index contributed by atoms with van der Waals surface area (Å²) < 4.78 is 5.44. The summed E-state index contributed by atoms with van der Waals surface area (Å²) in [4.78, 5) is 22.6. The fraction of sp³-hybridized carbons (Fsp3) is 0.273. The summed E-state index contributed by atoms with van der Waals surface area (Å²) in [5, 5.41) is 0. The van der Waals surface area contributed by atoms with E-state index in [1.54, 1.807) is 0 Å². The van der Waals surface area contributed by atoms with Gasteiger partial charge in [-0.15, -0.1) is 0 Å². The second-order valence-electron chi connectivity index (χ2n) is 6.83. The maximum absolute atomic E-state index is 12.5. The molecule has 0 aromatic heterocycles. The predicted octanol–water partition coefficient (Wildman–Crippen LogP) is 3.77. The highest BCUT2D eigenvalue weighted by molar-refractivity contribution is 6.05. The maximum atomic E-state index is 12.5. The van der Waals surface area contributed by atoms with Gasteiger partial charge in [0, 0.05) is 30.0 Å². The van der Waals surface area contributed by atoms with Crippen LogP contribution < -0.4 is 10.5 Å². The van der Waals surface area contributed by atoms with E-state index in [2.05, 4.69) is 28.1 Å². The molecule has 0 atom stereocenters. The number of benzene rings is 1. The Balaban J connectivity index is 1.74.